The standard InChI is InChI=1S/C17H21N5O/c1-12-19-15(14-6-5-9-22(11-14)13(2)23)10-17(20-12)21-16-7-3-4-8-18-16/h3-4,7-8,10,14H,5-6,9,11H2,1-2H3,(H,18,19,20,21)/t14-/m0/s1. The van der Waals surface area contributed by atoms with Crippen LogP contribution in [-0.2, 0) is 4.79 Å². The van der Waals surface area contributed by atoms with E-state index >= 15 is 0 Å². The average Bonchev–Trinajstić information content (AvgIpc) is 2.55. The normalized spacial score (nSPS) is 17.8. The molecule has 1 saturated heterocycles. The zero-order valence-electron chi connectivity index (χ0n) is 13.5. The molecule has 0 aromatic carbocycles. The molecule has 0 bridgehead atoms. The number of hydrogen-bond acceptors (Lipinski definition) is 5. The van der Waals surface area contributed by atoms with Crippen molar-refractivity contribution in [1.82, 2.24) is 19.9 Å². The number of aryl methyl sites for hydroxylation is 1. The van der Waals surface area contributed by atoms with Gasteiger partial charge in [0, 0.05) is 38.2 Å². The Bertz CT molecular complexity index is 689. The molecule has 0 radical (unpaired) electrons. The van der Waals surface area contributed by atoms with Gasteiger partial charge in [-0.2, -0.15) is 0 Å². The molecule has 6 heteroatoms. The quantitative estimate of drug-likeness (QED) is 0.943. The molecule has 3 rings (SSSR count). The van der Waals surface area contributed by atoms with Crippen LogP contribution in [0.25, 0.3) is 0 Å². The van der Waals surface area contributed by atoms with E-state index in [-0.39, 0.29) is 11.8 Å². The lowest BCUT2D eigenvalue weighted by Gasteiger charge is -2.31. The third-order valence-electron chi connectivity index (χ3n) is 4.06. The fourth-order valence-corrected chi connectivity index (χ4v) is 2.94. The van der Waals surface area contributed by atoms with Gasteiger partial charge in [-0.05, 0) is 31.9 Å². The fourth-order valence-electron chi connectivity index (χ4n) is 2.94. The Hall–Kier alpha value is -2.50. The van der Waals surface area contributed by atoms with Crippen molar-refractivity contribution >= 4 is 17.5 Å². The molecule has 1 atom stereocenters. The van der Waals surface area contributed by atoms with E-state index in [0.29, 0.717) is 0 Å². The van der Waals surface area contributed by atoms with Gasteiger partial charge in [-0.3, -0.25) is 4.79 Å². The van der Waals surface area contributed by atoms with Crippen molar-refractivity contribution in [3.63, 3.8) is 0 Å². The van der Waals surface area contributed by atoms with Crippen molar-refractivity contribution in [2.45, 2.75) is 32.6 Å². The number of aromatic nitrogens is 3. The van der Waals surface area contributed by atoms with Crippen molar-refractivity contribution in [3.8, 4) is 0 Å². The van der Waals surface area contributed by atoms with E-state index in [1.807, 2.05) is 36.1 Å². The highest BCUT2D eigenvalue weighted by Gasteiger charge is 2.24. The van der Waals surface area contributed by atoms with Crippen molar-refractivity contribution < 1.29 is 4.79 Å². The third kappa shape index (κ3) is 3.83. The van der Waals surface area contributed by atoms with Crippen molar-refractivity contribution in [3.05, 3.63) is 42.0 Å². The number of likely N-dealkylation sites (tertiary alicyclic amines) is 1. The first-order valence-corrected chi connectivity index (χ1v) is 7.91. The molecule has 0 aliphatic carbocycles. The van der Waals surface area contributed by atoms with E-state index in [9.17, 15) is 4.79 Å². The lowest BCUT2D eigenvalue weighted by Crippen LogP contribution is -2.37. The van der Waals surface area contributed by atoms with Crippen LogP contribution in [0.2, 0.25) is 0 Å². The first kappa shape index (κ1) is 15.4. The Morgan fingerprint density at radius 1 is 1.30 bits per heavy atom. The molecule has 1 amide bonds. The molecular weight excluding hydrogens is 290 g/mol. The van der Waals surface area contributed by atoms with E-state index in [0.717, 1.165) is 49.1 Å². The summed E-state index contributed by atoms with van der Waals surface area (Å²) in [4.78, 5) is 26.8. The molecule has 1 fully saturated rings. The molecule has 1 aliphatic heterocycles. The van der Waals surface area contributed by atoms with Gasteiger partial charge >= 0.3 is 0 Å². The minimum atomic E-state index is 0.132. The number of piperidine rings is 1. The summed E-state index contributed by atoms with van der Waals surface area (Å²) in [5.74, 6) is 2.61. The van der Waals surface area contributed by atoms with Crippen LogP contribution < -0.4 is 5.32 Å². The van der Waals surface area contributed by atoms with E-state index in [1.54, 1.807) is 13.1 Å². The van der Waals surface area contributed by atoms with E-state index in [4.69, 9.17) is 0 Å². The van der Waals surface area contributed by atoms with Crippen molar-refractivity contribution in [1.29, 1.82) is 0 Å². The lowest BCUT2D eigenvalue weighted by molar-refractivity contribution is -0.130. The monoisotopic (exact) mass is 311 g/mol. The largest absolute Gasteiger partial charge is 0.342 e. The molecule has 2 aromatic rings. The predicted octanol–water partition coefficient (Wildman–Crippen LogP) is 2.65. The summed E-state index contributed by atoms with van der Waals surface area (Å²) in [5, 5.41) is 3.22. The van der Waals surface area contributed by atoms with Gasteiger partial charge in [0.1, 0.15) is 17.5 Å². The summed E-state index contributed by atoms with van der Waals surface area (Å²) in [6, 6.07) is 7.67. The number of carbonyl (C=O) groups excluding carboxylic acids is 1. The first-order valence-electron chi connectivity index (χ1n) is 7.91. The predicted molar refractivity (Wildman–Crippen MR) is 88.5 cm³/mol. The second-order valence-electron chi connectivity index (χ2n) is 5.87. The number of pyridine rings is 1. The smallest absolute Gasteiger partial charge is 0.219 e. The SMILES string of the molecule is CC(=O)N1CCC[C@H](c2cc(Nc3ccccn3)nc(C)n2)C1. The molecule has 2 aromatic heterocycles. The van der Waals surface area contributed by atoms with Gasteiger partial charge in [-0.1, -0.05) is 6.07 Å². The molecule has 0 saturated carbocycles. The van der Waals surface area contributed by atoms with Gasteiger partial charge in [0.05, 0.1) is 5.69 Å². The second kappa shape index (κ2) is 6.73. The summed E-state index contributed by atoms with van der Waals surface area (Å²) in [6.07, 6.45) is 3.79. The van der Waals surface area contributed by atoms with Crippen LogP contribution >= 0.6 is 0 Å². The van der Waals surface area contributed by atoms with E-state index in [1.165, 1.54) is 0 Å². The number of amides is 1. The van der Waals surface area contributed by atoms with E-state index < -0.39 is 0 Å². The maximum atomic E-state index is 11.6. The van der Waals surface area contributed by atoms with Crippen LogP contribution in [0.5, 0.6) is 0 Å². The Balaban J connectivity index is 1.81. The zero-order valence-corrected chi connectivity index (χ0v) is 13.5. The Kier molecular flexibility index (Phi) is 4.50. The molecule has 1 aliphatic rings. The van der Waals surface area contributed by atoms with Crippen LogP contribution in [0.3, 0.4) is 0 Å². The highest BCUT2D eigenvalue weighted by atomic mass is 16.2. The molecule has 6 nitrogen and oxygen atoms in total. The van der Waals surface area contributed by atoms with Crippen molar-refractivity contribution in [2.75, 3.05) is 18.4 Å². The maximum Gasteiger partial charge on any atom is 0.219 e. The fraction of sp³-hybridized carbons (Fsp3) is 0.412. The van der Waals surface area contributed by atoms with Crippen LogP contribution in [0.15, 0.2) is 30.5 Å². The van der Waals surface area contributed by atoms with Gasteiger partial charge in [-0.25, -0.2) is 15.0 Å². The molecule has 23 heavy (non-hydrogen) atoms. The number of nitrogens with zero attached hydrogens (tertiary/aromatic N) is 4. The number of carbonyl (C=O) groups is 1. The summed E-state index contributed by atoms with van der Waals surface area (Å²) >= 11 is 0. The zero-order chi connectivity index (χ0) is 16.2. The summed E-state index contributed by atoms with van der Waals surface area (Å²) in [6.45, 7) is 5.09. The summed E-state index contributed by atoms with van der Waals surface area (Å²) < 4.78 is 0. The molecule has 1 N–H and O–H groups in total. The van der Waals surface area contributed by atoms with Crippen LogP contribution in [0.4, 0.5) is 11.6 Å². The highest BCUT2D eigenvalue weighted by Crippen LogP contribution is 2.27. The van der Waals surface area contributed by atoms with Crippen LogP contribution in [0.1, 0.15) is 37.2 Å². The third-order valence-corrected chi connectivity index (χ3v) is 4.06. The van der Waals surface area contributed by atoms with Crippen LogP contribution in [-0.4, -0.2) is 38.8 Å². The van der Waals surface area contributed by atoms with Gasteiger partial charge in [0.2, 0.25) is 5.91 Å². The minimum Gasteiger partial charge on any atom is -0.342 e. The topological polar surface area (TPSA) is 71.0 Å². The number of rotatable bonds is 3. The molecule has 3 heterocycles. The van der Waals surface area contributed by atoms with Gasteiger partial charge in [0.25, 0.3) is 0 Å². The number of nitrogens with one attached hydrogen (secondary N) is 1. The first-order chi connectivity index (χ1) is 11.1. The maximum absolute atomic E-state index is 11.6. The summed E-state index contributed by atoms with van der Waals surface area (Å²) in [5.41, 5.74) is 0.988. The molecule has 0 unspecified atom stereocenters. The number of anilines is 2. The lowest BCUT2D eigenvalue weighted by atomic mass is 9.94. The highest BCUT2D eigenvalue weighted by molar-refractivity contribution is 5.73. The Labute approximate surface area is 136 Å². The van der Waals surface area contributed by atoms with Gasteiger partial charge in [-0.15, -0.1) is 0 Å². The van der Waals surface area contributed by atoms with Crippen LogP contribution in [0, 0.1) is 6.92 Å². The van der Waals surface area contributed by atoms with Gasteiger partial charge in [0.15, 0.2) is 0 Å². The molecular formula is C17H21N5O. The Morgan fingerprint density at radius 2 is 2.17 bits per heavy atom. The minimum absolute atomic E-state index is 0.132. The Morgan fingerprint density at radius 3 is 2.91 bits per heavy atom. The van der Waals surface area contributed by atoms with E-state index in [2.05, 4.69) is 20.3 Å². The van der Waals surface area contributed by atoms with Gasteiger partial charge < -0.3 is 10.2 Å². The molecule has 0 spiro atoms. The second-order valence-corrected chi connectivity index (χ2v) is 5.87. The molecule has 120 valence electrons. The average molecular weight is 311 g/mol. The van der Waals surface area contributed by atoms with Crippen molar-refractivity contribution in [2.24, 2.45) is 0 Å². The number of hydrogen-bond donors (Lipinski definition) is 1. The summed E-state index contributed by atoms with van der Waals surface area (Å²) in [7, 11) is 0.